The van der Waals surface area contributed by atoms with Gasteiger partial charge < -0.3 is 0 Å². The van der Waals surface area contributed by atoms with Crippen molar-refractivity contribution in [2.75, 3.05) is 0 Å². The summed E-state index contributed by atoms with van der Waals surface area (Å²) in [5.41, 5.74) is 31.1. The average molecular weight is 631 g/mol. The summed E-state index contributed by atoms with van der Waals surface area (Å²) in [5, 5.41) is 0. The molecular weight excluding hydrogens is 577 g/mol. The van der Waals surface area contributed by atoms with Gasteiger partial charge in [-0.05, 0) is 254 Å². The quantitative estimate of drug-likeness (QED) is 0.232. The number of hydrogen-bond donors (Lipinski definition) is 0. The number of fused-ring (bicyclic) bond motifs is 18. The third kappa shape index (κ3) is 4.75. The van der Waals surface area contributed by atoms with E-state index in [0.29, 0.717) is 0 Å². The first-order valence-electron chi connectivity index (χ1n) is 20.4. The molecule has 0 unspecified atom stereocenters. The van der Waals surface area contributed by atoms with Crippen LogP contribution in [0.5, 0.6) is 0 Å². The van der Waals surface area contributed by atoms with Crippen LogP contribution in [0.2, 0.25) is 0 Å². The summed E-state index contributed by atoms with van der Waals surface area (Å²) in [6, 6.07) is 0. The normalized spacial score (nSPS) is 20.8. The van der Waals surface area contributed by atoms with Crippen LogP contribution in [0, 0.1) is 0 Å². The van der Waals surface area contributed by atoms with Gasteiger partial charge in [0.1, 0.15) is 0 Å². The number of hydrogen-bond acceptors (Lipinski definition) is 0. The van der Waals surface area contributed by atoms with E-state index in [9.17, 15) is 0 Å². The van der Waals surface area contributed by atoms with Crippen LogP contribution in [0.15, 0.2) is 18.2 Å². The molecular formula is C48H54. The summed E-state index contributed by atoms with van der Waals surface area (Å²) in [4.78, 5) is 0. The van der Waals surface area contributed by atoms with Crippen molar-refractivity contribution in [1.29, 1.82) is 0 Å². The van der Waals surface area contributed by atoms with Crippen molar-refractivity contribution in [1.82, 2.24) is 0 Å². The monoisotopic (exact) mass is 630 g/mol. The van der Waals surface area contributed by atoms with Gasteiger partial charge in [0.2, 0.25) is 0 Å². The summed E-state index contributed by atoms with van der Waals surface area (Å²) in [6.45, 7) is 0. The highest BCUT2D eigenvalue weighted by Gasteiger charge is 2.30. The van der Waals surface area contributed by atoms with Crippen molar-refractivity contribution in [2.45, 2.75) is 154 Å². The lowest BCUT2D eigenvalue weighted by Crippen LogP contribution is -2.16. The van der Waals surface area contributed by atoms with Gasteiger partial charge in [0.15, 0.2) is 0 Å². The van der Waals surface area contributed by atoms with E-state index in [1.54, 1.807) is 100 Å². The smallest absolute Gasteiger partial charge is 0.00852 e. The standard InChI is InChI=1S/C17H20.C16H18.C15H16/c1-3-8-14-12(6-1)13-7-2-4-9-15(13)17-11-5-10-16(14)17;1-2-6-12-11(5-1)13-7-3-9-15(13)16-10-4-8-14(12)16;1-4-10-11(5-1)13-7-3-9-15(13)14-8-2-6-12(10)14/h5,10H,1-4,6-9,11H2;3,9H,1-2,4-8,10H2;1,4H,2-3,5-9H2. The Bertz CT molecular complexity index is 1900. The van der Waals surface area contributed by atoms with Gasteiger partial charge >= 0.3 is 0 Å². The molecule has 9 aliphatic rings. The molecule has 9 aliphatic carbocycles. The topological polar surface area (TPSA) is 0 Å². The van der Waals surface area contributed by atoms with Crippen molar-refractivity contribution in [3.63, 3.8) is 0 Å². The summed E-state index contributed by atoms with van der Waals surface area (Å²) >= 11 is 0. The van der Waals surface area contributed by atoms with Crippen LogP contribution in [0.25, 0.3) is 18.2 Å². The van der Waals surface area contributed by atoms with Crippen LogP contribution in [0.4, 0.5) is 0 Å². The largest absolute Gasteiger partial charge is 0.0795 e. The van der Waals surface area contributed by atoms with Crippen LogP contribution < -0.4 is 0 Å². The first-order valence-corrected chi connectivity index (χ1v) is 20.4. The molecule has 48 heavy (non-hydrogen) atoms. The molecule has 0 fully saturated rings. The molecule has 0 spiro atoms. The first kappa shape index (κ1) is 29.8. The molecule has 0 radical (unpaired) electrons. The minimum Gasteiger partial charge on any atom is -0.0795 e. The highest BCUT2D eigenvalue weighted by molar-refractivity contribution is 5.72. The number of rotatable bonds is 0. The van der Waals surface area contributed by atoms with Gasteiger partial charge in [0, 0.05) is 0 Å². The summed E-state index contributed by atoms with van der Waals surface area (Å²) in [5.74, 6) is 0. The third-order valence-electron chi connectivity index (χ3n) is 14.0. The molecule has 0 saturated heterocycles. The fourth-order valence-electron chi connectivity index (χ4n) is 12.1. The molecule has 0 saturated carbocycles. The van der Waals surface area contributed by atoms with Crippen LogP contribution >= 0.6 is 0 Å². The second-order valence-electron chi connectivity index (χ2n) is 16.4. The molecule has 12 rings (SSSR count). The molecule has 0 aliphatic heterocycles. The molecule has 3 aromatic carbocycles. The van der Waals surface area contributed by atoms with Crippen molar-refractivity contribution in [3.05, 3.63) is 118 Å². The molecule has 0 amide bonds. The Hall–Kier alpha value is -3.12. The number of allylic oxidation sites excluding steroid dienone is 3. The van der Waals surface area contributed by atoms with E-state index in [-0.39, 0.29) is 0 Å². The fraction of sp³-hybridized carbons (Fsp3) is 0.500. The Kier molecular flexibility index (Phi) is 7.65. The zero-order valence-electron chi connectivity index (χ0n) is 29.4. The van der Waals surface area contributed by atoms with Crippen LogP contribution in [-0.2, 0) is 96.3 Å². The van der Waals surface area contributed by atoms with E-state index in [2.05, 4.69) is 36.5 Å². The van der Waals surface area contributed by atoms with Gasteiger partial charge in [0.05, 0.1) is 0 Å². The molecule has 0 heterocycles. The van der Waals surface area contributed by atoms with E-state index in [4.69, 9.17) is 0 Å². The molecule has 3 aromatic rings. The highest BCUT2D eigenvalue weighted by atomic mass is 14.3. The van der Waals surface area contributed by atoms with Crippen LogP contribution in [-0.4, -0.2) is 0 Å². The molecule has 0 N–H and O–H groups in total. The second-order valence-corrected chi connectivity index (χ2v) is 16.4. The first-order chi connectivity index (χ1) is 23.8. The van der Waals surface area contributed by atoms with E-state index >= 15 is 0 Å². The fourth-order valence-corrected chi connectivity index (χ4v) is 12.1. The lowest BCUT2D eigenvalue weighted by atomic mass is 9.76. The van der Waals surface area contributed by atoms with Gasteiger partial charge in [-0.3, -0.25) is 0 Å². The maximum Gasteiger partial charge on any atom is -0.00852 e. The van der Waals surface area contributed by atoms with E-state index in [0.717, 1.165) is 0 Å². The SMILES string of the molecule is C1=Cc2c(c3c(c4c2CCC4)CCC3)C1.C1=Cc2c(c3c(c4c2CCC4)CCCC3)C1.C1=Cc2c(c3c(c4c2CCCC4)CCCC3)C1. The Morgan fingerprint density at radius 1 is 0.208 bits per heavy atom. The lowest BCUT2D eigenvalue weighted by Gasteiger charge is -2.29. The van der Waals surface area contributed by atoms with Crippen molar-refractivity contribution in [2.24, 2.45) is 0 Å². The predicted octanol–water partition coefficient (Wildman–Crippen LogP) is 10.9. The Balaban J connectivity index is 0.0000000925. The van der Waals surface area contributed by atoms with Gasteiger partial charge in [-0.1, -0.05) is 36.5 Å². The van der Waals surface area contributed by atoms with Gasteiger partial charge in [0.25, 0.3) is 0 Å². The third-order valence-corrected chi connectivity index (χ3v) is 14.0. The minimum atomic E-state index is 1.21. The molecule has 0 aromatic heterocycles. The van der Waals surface area contributed by atoms with E-state index < -0.39 is 0 Å². The van der Waals surface area contributed by atoms with E-state index in [1.165, 1.54) is 154 Å². The van der Waals surface area contributed by atoms with E-state index in [1.807, 2.05) is 0 Å². The lowest BCUT2D eigenvalue weighted by molar-refractivity contribution is 0.636. The van der Waals surface area contributed by atoms with Crippen LogP contribution in [0.1, 0.15) is 158 Å². The molecule has 0 nitrogen and oxygen atoms in total. The van der Waals surface area contributed by atoms with Crippen molar-refractivity contribution < 1.29 is 0 Å². The molecule has 246 valence electrons. The predicted molar refractivity (Wildman–Crippen MR) is 204 cm³/mol. The Morgan fingerprint density at radius 3 is 0.729 bits per heavy atom. The van der Waals surface area contributed by atoms with Gasteiger partial charge in [-0.15, -0.1) is 0 Å². The number of benzene rings is 3. The van der Waals surface area contributed by atoms with Gasteiger partial charge in [-0.25, -0.2) is 0 Å². The van der Waals surface area contributed by atoms with Crippen molar-refractivity contribution in [3.8, 4) is 0 Å². The molecule has 0 bridgehead atoms. The zero-order valence-corrected chi connectivity index (χ0v) is 29.4. The summed E-state index contributed by atoms with van der Waals surface area (Å²) < 4.78 is 0. The average Bonchev–Trinajstić information content (AvgIpc) is 3.99. The highest BCUT2D eigenvalue weighted by Crippen LogP contribution is 2.43. The Morgan fingerprint density at radius 2 is 0.417 bits per heavy atom. The summed E-state index contributed by atoms with van der Waals surface area (Å²) in [6.07, 6.45) is 46.9. The minimum absolute atomic E-state index is 1.21. The maximum atomic E-state index is 2.41. The molecule has 0 atom stereocenters. The van der Waals surface area contributed by atoms with Crippen molar-refractivity contribution >= 4 is 18.2 Å². The molecule has 0 heteroatoms. The van der Waals surface area contributed by atoms with Gasteiger partial charge in [-0.2, -0.15) is 0 Å². The zero-order chi connectivity index (χ0) is 31.6. The summed E-state index contributed by atoms with van der Waals surface area (Å²) in [7, 11) is 0. The second kappa shape index (κ2) is 12.3. The van der Waals surface area contributed by atoms with Crippen LogP contribution in [0.3, 0.4) is 0 Å². The Labute approximate surface area is 289 Å². The maximum absolute atomic E-state index is 2.41.